The van der Waals surface area contributed by atoms with Crippen LogP contribution in [0.4, 0.5) is 0 Å². The lowest BCUT2D eigenvalue weighted by molar-refractivity contribution is 0.103. The van der Waals surface area contributed by atoms with E-state index in [9.17, 15) is 4.79 Å². The third-order valence-electron chi connectivity index (χ3n) is 4.90. The van der Waals surface area contributed by atoms with Crippen LogP contribution >= 0.6 is 0 Å². The van der Waals surface area contributed by atoms with Crippen molar-refractivity contribution in [1.82, 2.24) is 19.7 Å². The molecular formula is C16H24N4O. The van der Waals surface area contributed by atoms with E-state index in [2.05, 4.69) is 35.9 Å². The molecule has 0 radical (unpaired) electrons. The quantitative estimate of drug-likeness (QED) is 0.875. The van der Waals surface area contributed by atoms with Gasteiger partial charge >= 0.3 is 0 Å². The molecule has 1 fully saturated rings. The minimum Gasteiger partial charge on any atom is -0.303 e. The highest BCUT2D eigenvalue weighted by atomic mass is 16.1. The van der Waals surface area contributed by atoms with Crippen molar-refractivity contribution in [3.05, 3.63) is 27.7 Å². The molecule has 3 heterocycles. The highest BCUT2D eigenvalue weighted by Crippen LogP contribution is 2.32. The van der Waals surface area contributed by atoms with Crippen LogP contribution in [0.15, 0.2) is 10.9 Å². The number of nitrogens with one attached hydrogen (secondary N) is 1. The molecule has 0 spiro atoms. The van der Waals surface area contributed by atoms with Gasteiger partial charge in [0.15, 0.2) is 5.65 Å². The van der Waals surface area contributed by atoms with Gasteiger partial charge in [-0.25, -0.2) is 4.98 Å². The Bertz CT molecular complexity index is 730. The van der Waals surface area contributed by atoms with E-state index in [0.717, 1.165) is 35.3 Å². The van der Waals surface area contributed by atoms with Crippen molar-refractivity contribution in [2.75, 3.05) is 13.6 Å². The third kappa shape index (κ3) is 2.29. The number of hydrogen-bond acceptors (Lipinski definition) is 3. The normalized spacial score (nSPS) is 27.4. The number of likely N-dealkylation sites (tertiary alicyclic amines) is 1. The number of nitrogens with zero attached hydrogens (tertiary/aromatic N) is 3. The summed E-state index contributed by atoms with van der Waals surface area (Å²) >= 11 is 0. The van der Waals surface area contributed by atoms with Crippen LogP contribution in [0, 0.1) is 19.8 Å². The van der Waals surface area contributed by atoms with Crippen molar-refractivity contribution >= 4 is 11.0 Å². The second kappa shape index (κ2) is 4.98. The number of H-pyrrole nitrogens is 1. The summed E-state index contributed by atoms with van der Waals surface area (Å²) in [6, 6.07) is 2.79. The van der Waals surface area contributed by atoms with Crippen LogP contribution in [0.5, 0.6) is 0 Å². The van der Waals surface area contributed by atoms with Gasteiger partial charge in [0.05, 0.1) is 11.4 Å². The topological polar surface area (TPSA) is 53.9 Å². The first-order chi connectivity index (χ1) is 9.88. The smallest absolute Gasteiger partial charge is 0.273 e. The van der Waals surface area contributed by atoms with Crippen LogP contribution in [0.1, 0.15) is 37.6 Å². The molecule has 1 aliphatic heterocycles. The molecule has 3 rings (SSSR count). The fourth-order valence-electron chi connectivity index (χ4n) is 3.61. The molecule has 0 saturated carbocycles. The molecule has 2 aromatic rings. The largest absolute Gasteiger partial charge is 0.303 e. The number of hydrogen-bond donors (Lipinski definition) is 1. The third-order valence-corrected chi connectivity index (χ3v) is 4.90. The highest BCUT2D eigenvalue weighted by molar-refractivity contribution is 5.78. The van der Waals surface area contributed by atoms with E-state index < -0.39 is 0 Å². The van der Waals surface area contributed by atoms with Crippen LogP contribution in [-0.2, 0) is 0 Å². The van der Waals surface area contributed by atoms with Crippen LogP contribution in [0.3, 0.4) is 0 Å². The molecule has 2 aromatic heterocycles. The first-order valence-electron chi connectivity index (χ1n) is 7.67. The molecule has 5 heteroatoms. The monoisotopic (exact) mass is 288 g/mol. The summed E-state index contributed by atoms with van der Waals surface area (Å²) in [7, 11) is 2.17. The van der Waals surface area contributed by atoms with Gasteiger partial charge in [0.2, 0.25) is 0 Å². The maximum absolute atomic E-state index is 12.3. The second-order valence-electron chi connectivity index (χ2n) is 6.66. The molecule has 3 atom stereocenters. The Morgan fingerprint density at radius 3 is 2.76 bits per heavy atom. The molecule has 114 valence electrons. The van der Waals surface area contributed by atoms with Crippen molar-refractivity contribution < 1.29 is 0 Å². The summed E-state index contributed by atoms with van der Waals surface area (Å²) in [6.45, 7) is 9.50. The van der Waals surface area contributed by atoms with E-state index >= 15 is 0 Å². The Morgan fingerprint density at radius 1 is 1.33 bits per heavy atom. The molecule has 1 saturated heterocycles. The maximum Gasteiger partial charge on any atom is 0.273 e. The molecule has 5 nitrogen and oxygen atoms in total. The number of pyridine rings is 1. The number of fused-ring (bicyclic) bond motifs is 1. The average Bonchev–Trinajstić information content (AvgIpc) is 2.71. The van der Waals surface area contributed by atoms with Gasteiger partial charge in [-0.1, -0.05) is 6.92 Å². The standard InChI is InChI=1S/C16H24N4O/c1-9-6-11(3)17-15-14(9)16(21)18-20(15)13-7-12(4)19(5)8-10(13)2/h6,10,12-13H,7-8H2,1-5H3,(H,18,21)/t10-,12+,13-/m0/s1. The summed E-state index contributed by atoms with van der Waals surface area (Å²) in [4.78, 5) is 19.3. The van der Waals surface area contributed by atoms with Crippen molar-refractivity contribution in [1.29, 1.82) is 0 Å². The molecule has 21 heavy (non-hydrogen) atoms. The van der Waals surface area contributed by atoms with Gasteiger partial charge in [-0.15, -0.1) is 0 Å². The summed E-state index contributed by atoms with van der Waals surface area (Å²) in [5, 5.41) is 3.77. The van der Waals surface area contributed by atoms with Gasteiger partial charge in [0, 0.05) is 18.3 Å². The number of rotatable bonds is 1. The van der Waals surface area contributed by atoms with Gasteiger partial charge in [-0.3, -0.25) is 14.6 Å². The predicted molar refractivity (Wildman–Crippen MR) is 84.7 cm³/mol. The van der Waals surface area contributed by atoms with Crippen LogP contribution in [0.25, 0.3) is 11.0 Å². The second-order valence-corrected chi connectivity index (χ2v) is 6.66. The van der Waals surface area contributed by atoms with Crippen molar-refractivity contribution in [3.8, 4) is 0 Å². The zero-order valence-electron chi connectivity index (χ0n) is 13.5. The fourth-order valence-corrected chi connectivity index (χ4v) is 3.61. The van der Waals surface area contributed by atoms with E-state index in [-0.39, 0.29) is 5.56 Å². The van der Waals surface area contributed by atoms with Crippen molar-refractivity contribution in [3.63, 3.8) is 0 Å². The molecule has 1 N–H and O–H groups in total. The van der Waals surface area contributed by atoms with Crippen LogP contribution in [-0.4, -0.2) is 39.3 Å². The zero-order valence-corrected chi connectivity index (χ0v) is 13.5. The number of piperidine rings is 1. The van der Waals surface area contributed by atoms with E-state index in [1.165, 1.54) is 0 Å². The fraction of sp³-hybridized carbons (Fsp3) is 0.625. The first kappa shape index (κ1) is 14.3. The molecule has 0 bridgehead atoms. The number of aryl methyl sites for hydroxylation is 2. The molecule has 0 aliphatic carbocycles. The van der Waals surface area contributed by atoms with Crippen LogP contribution in [0.2, 0.25) is 0 Å². The molecule has 0 aromatic carbocycles. The Kier molecular flexibility index (Phi) is 3.40. The van der Waals surface area contributed by atoms with Gasteiger partial charge in [0.1, 0.15) is 0 Å². The Labute approximate surface area is 125 Å². The maximum atomic E-state index is 12.3. The minimum absolute atomic E-state index is 0.0196. The Morgan fingerprint density at radius 2 is 2.05 bits per heavy atom. The Balaban J connectivity index is 2.15. The predicted octanol–water partition coefficient (Wildman–Crippen LogP) is 2.24. The number of aromatic amines is 1. The van der Waals surface area contributed by atoms with Crippen molar-refractivity contribution in [2.45, 2.75) is 46.2 Å². The van der Waals surface area contributed by atoms with Gasteiger partial charge < -0.3 is 4.90 Å². The van der Waals surface area contributed by atoms with E-state index in [4.69, 9.17) is 0 Å². The summed E-state index contributed by atoms with van der Waals surface area (Å²) in [6.07, 6.45) is 1.03. The van der Waals surface area contributed by atoms with E-state index in [1.807, 2.05) is 24.6 Å². The van der Waals surface area contributed by atoms with Crippen LogP contribution < -0.4 is 5.56 Å². The lowest BCUT2D eigenvalue weighted by Gasteiger charge is -2.40. The lowest BCUT2D eigenvalue weighted by Crippen LogP contribution is -2.43. The average molecular weight is 288 g/mol. The Hall–Kier alpha value is -1.62. The van der Waals surface area contributed by atoms with Gasteiger partial charge in [-0.2, -0.15) is 0 Å². The number of aromatic nitrogens is 3. The summed E-state index contributed by atoms with van der Waals surface area (Å²) < 4.78 is 2.02. The minimum atomic E-state index is -0.0196. The van der Waals surface area contributed by atoms with Gasteiger partial charge in [0.25, 0.3) is 5.56 Å². The first-order valence-corrected chi connectivity index (χ1v) is 7.67. The lowest BCUT2D eigenvalue weighted by atomic mass is 9.90. The molecule has 0 amide bonds. The zero-order chi connectivity index (χ0) is 15.3. The van der Waals surface area contributed by atoms with E-state index in [1.54, 1.807) is 0 Å². The molecule has 1 aliphatic rings. The van der Waals surface area contributed by atoms with Gasteiger partial charge in [-0.05, 0) is 51.8 Å². The summed E-state index contributed by atoms with van der Waals surface area (Å²) in [5.41, 5.74) is 2.76. The molecule has 0 unspecified atom stereocenters. The molecular weight excluding hydrogens is 264 g/mol. The summed E-state index contributed by atoms with van der Waals surface area (Å²) in [5.74, 6) is 0.486. The SMILES string of the molecule is Cc1cc(C)c2c(=O)[nH]n([C@H]3C[C@@H](C)N(C)C[C@@H]3C)c2n1. The van der Waals surface area contributed by atoms with E-state index in [0.29, 0.717) is 18.0 Å². The van der Waals surface area contributed by atoms with Crippen molar-refractivity contribution in [2.24, 2.45) is 5.92 Å². The highest BCUT2D eigenvalue weighted by Gasteiger charge is 2.32.